The lowest BCUT2D eigenvalue weighted by Gasteiger charge is -2.32. The first-order chi connectivity index (χ1) is 12.7. The summed E-state index contributed by atoms with van der Waals surface area (Å²) >= 11 is 0. The predicted octanol–water partition coefficient (Wildman–Crippen LogP) is 2.78. The smallest absolute Gasteiger partial charge is 0.289 e. The van der Waals surface area contributed by atoms with Crippen molar-refractivity contribution < 1.29 is 13.9 Å². The lowest BCUT2D eigenvalue weighted by molar-refractivity contribution is 0.0501. The lowest BCUT2D eigenvalue weighted by Crippen LogP contribution is -2.44. The SMILES string of the molecule is N#Cc1nccnc1OC1CCCN(C(=O)c2cc3ccccc3o2)C1. The number of nitrogens with zero attached hydrogens (tertiary/aromatic N) is 4. The number of nitriles is 1. The van der Waals surface area contributed by atoms with Gasteiger partial charge in [0.05, 0.1) is 6.54 Å². The van der Waals surface area contributed by atoms with E-state index in [2.05, 4.69) is 9.97 Å². The molecule has 130 valence electrons. The Bertz CT molecular complexity index is 959. The van der Waals surface area contributed by atoms with Crippen LogP contribution in [0.5, 0.6) is 5.88 Å². The van der Waals surface area contributed by atoms with Crippen molar-refractivity contribution in [2.45, 2.75) is 18.9 Å². The minimum atomic E-state index is -0.235. The largest absolute Gasteiger partial charge is 0.470 e. The Labute approximate surface area is 149 Å². The van der Waals surface area contributed by atoms with Gasteiger partial charge in [0.15, 0.2) is 5.76 Å². The van der Waals surface area contributed by atoms with Crippen LogP contribution < -0.4 is 4.74 Å². The number of carbonyl (C=O) groups excluding carboxylic acids is 1. The highest BCUT2D eigenvalue weighted by atomic mass is 16.5. The minimum absolute atomic E-state index is 0.147. The number of fused-ring (bicyclic) bond motifs is 1. The summed E-state index contributed by atoms with van der Waals surface area (Å²) in [5.74, 6) is 0.372. The van der Waals surface area contributed by atoms with Gasteiger partial charge in [0, 0.05) is 24.3 Å². The topological polar surface area (TPSA) is 92.2 Å². The summed E-state index contributed by atoms with van der Waals surface area (Å²) in [5.41, 5.74) is 0.840. The number of furan rings is 1. The monoisotopic (exact) mass is 348 g/mol. The first-order valence-electron chi connectivity index (χ1n) is 8.40. The summed E-state index contributed by atoms with van der Waals surface area (Å²) in [5, 5.41) is 10.00. The molecule has 0 spiro atoms. The molecule has 0 saturated carbocycles. The van der Waals surface area contributed by atoms with Crippen molar-refractivity contribution in [2.75, 3.05) is 13.1 Å². The third kappa shape index (κ3) is 3.09. The normalized spacial score (nSPS) is 17.0. The van der Waals surface area contributed by atoms with Gasteiger partial charge in [0.25, 0.3) is 11.8 Å². The highest BCUT2D eigenvalue weighted by Gasteiger charge is 2.28. The molecule has 1 unspecified atom stereocenters. The van der Waals surface area contributed by atoms with Crippen molar-refractivity contribution >= 4 is 16.9 Å². The molecule has 0 bridgehead atoms. The van der Waals surface area contributed by atoms with Crippen LogP contribution in [0, 0.1) is 11.3 Å². The predicted molar refractivity (Wildman–Crippen MR) is 92.5 cm³/mol. The Kier molecular flexibility index (Phi) is 4.23. The molecule has 7 heteroatoms. The summed E-state index contributed by atoms with van der Waals surface area (Å²) in [6, 6.07) is 11.3. The highest BCUT2D eigenvalue weighted by molar-refractivity contribution is 5.96. The second-order valence-electron chi connectivity index (χ2n) is 6.10. The molecule has 0 N–H and O–H groups in total. The molecule has 1 aliphatic rings. The van der Waals surface area contributed by atoms with E-state index < -0.39 is 0 Å². The number of piperidine rings is 1. The van der Waals surface area contributed by atoms with Crippen LogP contribution in [-0.4, -0.2) is 40.0 Å². The molecule has 0 radical (unpaired) electrons. The number of carbonyl (C=O) groups is 1. The number of rotatable bonds is 3. The molecular weight excluding hydrogens is 332 g/mol. The zero-order valence-electron chi connectivity index (χ0n) is 14.0. The number of hydrogen-bond donors (Lipinski definition) is 0. The molecule has 1 amide bonds. The summed E-state index contributed by atoms with van der Waals surface area (Å²) in [4.78, 5) is 22.5. The third-order valence-corrected chi connectivity index (χ3v) is 4.35. The van der Waals surface area contributed by atoms with Crippen molar-refractivity contribution in [1.82, 2.24) is 14.9 Å². The van der Waals surface area contributed by atoms with E-state index in [-0.39, 0.29) is 23.6 Å². The molecule has 0 aliphatic carbocycles. The maximum atomic E-state index is 12.8. The Morgan fingerprint density at radius 1 is 1.31 bits per heavy atom. The fourth-order valence-electron chi connectivity index (χ4n) is 3.11. The van der Waals surface area contributed by atoms with Gasteiger partial charge >= 0.3 is 0 Å². The van der Waals surface area contributed by atoms with Crippen molar-refractivity contribution in [1.29, 1.82) is 5.26 Å². The Morgan fingerprint density at radius 3 is 3.00 bits per heavy atom. The highest BCUT2D eigenvalue weighted by Crippen LogP contribution is 2.23. The molecule has 7 nitrogen and oxygen atoms in total. The van der Waals surface area contributed by atoms with E-state index in [9.17, 15) is 4.79 Å². The fraction of sp³-hybridized carbons (Fsp3) is 0.263. The van der Waals surface area contributed by atoms with Crippen molar-refractivity contribution in [3.05, 3.63) is 54.2 Å². The van der Waals surface area contributed by atoms with Crippen LogP contribution in [0.4, 0.5) is 0 Å². The Hall–Kier alpha value is -3.40. The van der Waals surface area contributed by atoms with Gasteiger partial charge in [-0.05, 0) is 25.0 Å². The average molecular weight is 348 g/mol. The molecule has 2 aromatic heterocycles. The van der Waals surface area contributed by atoms with Gasteiger partial charge in [-0.25, -0.2) is 9.97 Å². The first-order valence-corrected chi connectivity index (χ1v) is 8.40. The van der Waals surface area contributed by atoms with E-state index in [1.165, 1.54) is 12.4 Å². The van der Waals surface area contributed by atoms with Crippen LogP contribution in [0.3, 0.4) is 0 Å². The molecule has 1 fully saturated rings. The van der Waals surface area contributed by atoms with Crippen LogP contribution >= 0.6 is 0 Å². The van der Waals surface area contributed by atoms with E-state index in [1.54, 1.807) is 11.0 Å². The van der Waals surface area contributed by atoms with Crippen molar-refractivity contribution in [3.63, 3.8) is 0 Å². The summed E-state index contributed by atoms with van der Waals surface area (Å²) < 4.78 is 11.5. The van der Waals surface area contributed by atoms with E-state index >= 15 is 0 Å². The standard InChI is InChI=1S/C19H16N4O3/c20-11-15-18(22-8-7-21-15)25-14-5-3-9-23(12-14)19(24)17-10-13-4-1-2-6-16(13)26-17/h1-2,4,6-8,10,14H,3,5,9,12H2. The zero-order valence-corrected chi connectivity index (χ0v) is 14.0. The van der Waals surface area contributed by atoms with Gasteiger partial charge < -0.3 is 14.1 Å². The first kappa shape index (κ1) is 16.1. The summed E-state index contributed by atoms with van der Waals surface area (Å²) in [6.45, 7) is 1.05. The van der Waals surface area contributed by atoms with Crippen LogP contribution in [0.2, 0.25) is 0 Å². The van der Waals surface area contributed by atoms with Crippen LogP contribution in [0.25, 0.3) is 11.0 Å². The number of hydrogen-bond acceptors (Lipinski definition) is 6. The molecule has 3 heterocycles. The second-order valence-corrected chi connectivity index (χ2v) is 6.10. The Balaban J connectivity index is 1.49. The van der Waals surface area contributed by atoms with Gasteiger partial charge in [0.1, 0.15) is 17.8 Å². The van der Waals surface area contributed by atoms with Crippen molar-refractivity contribution in [2.24, 2.45) is 0 Å². The second kappa shape index (κ2) is 6.84. The molecule has 3 aromatic rings. The number of ether oxygens (including phenoxy) is 1. The summed E-state index contributed by atoms with van der Waals surface area (Å²) in [7, 11) is 0. The minimum Gasteiger partial charge on any atom is -0.470 e. The van der Waals surface area contributed by atoms with Gasteiger partial charge in [-0.3, -0.25) is 4.79 Å². The molecule has 1 aromatic carbocycles. The molecule has 1 saturated heterocycles. The fourth-order valence-corrected chi connectivity index (χ4v) is 3.11. The van der Waals surface area contributed by atoms with E-state index in [1.807, 2.05) is 30.3 Å². The number of likely N-dealkylation sites (tertiary alicyclic amines) is 1. The molecular formula is C19H16N4O3. The number of aromatic nitrogens is 2. The van der Waals surface area contributed by atoms with Gasteiger partial charge in [-0.2, -0.15) is 5.26 Å². The molecule has 26 heavy (non-hydrogen) atoms. The maximum absolute atomic E-state index is 12.8. The van der Waals surface area contributed by atoms with Gasteiger partial charge in [-0.15, -0.1) is 0 Å². The lowest BCUT2D eigenvalue weighted by atomic mass is 10.1. The van der Waals surface area contributed by atoms with Crippen LogP contribution in [-0.2, 0) is 0 Å². The van der Waals surface area contributed by atoms with Gasteiger partial charge in [-0.1, -0.05) is 18.2 Å². The number of para-hydroxylation sites is 1. The number of amides is 1. The third-order valence-electron chi connectivity index (χ3n) is 4.35. The van der Waals surface area contributed by atoms with Gasteiger partial charge in [0.2, 0.25) is 5.69 Å². The molecule has 1 aliphatic heterocycles. The molecule has 1 atom stereocenters. The Morgan fingerprint density at radius 2 is 2.15 bits per heavy atom. The van der Waals surface area contributed by atoms with Crippen LogP contribution in [0.15, 0.2) is 47.1 Å². The van der Waals surface area contributed by atoms with Crippen LogP contribution in [0.1, 0.15) is 29.1 Å². The number of benzene rings is 1. The van der Waals surface area contributed by atoms with Crippen molar-refractivity contribution in [3.8, 4) is 11.9 Å². The van der Waals surface area contributed by atoms with E-state index in [0.717, 1.165) is 18.2 Å². The van der Waals surface area contributed by atoms with E-state index in [4.69, 9.17) is 14.4 Å². The quantitative estimate of drug-likeness (QED) is 0.723. The maximum Gasteiger partial charge on any atom is 0.289 e. The average Bonchev–Trinajstić information content (AvgIpc) is 3.12. The zero-order chi connectivity index (χ0) is 17.9. The summed E-state index contributed by atoms with van der Waals surface area (Å²) in [6.07, 6.45) is 4.28. The van der Waals surface area contributed by atoms with E-state index in [0.29, 0.717) is 24.4 Å². The molecule has 4 rings (SSSR count).